The number of benzene rings is 1. The van der Waals surface area contributed by atoms with Gasteiger partial charge in [-0.15, -0.1) is 0 Å². The number of hydrogen-bond donors (Lipinski definition) is 0. The number of para-hydroxylation sites is 1. The van der Waals surface area contributed by atoms with Crippen LogP contribution in [0.4, 0.5) is 5.13 Å². The third kappa shape index (κ3) is 3.31. The van der Waals surface area contributed by atoms with Crippen molar-refractivity contribution in [1.82, 2.24) is 19.7 Å². The molecule has 0 saturated carbocycles. The van der Waals surface area contributed by atoms with E-state index in [4.69, 9.17) is 11.6 Å². The van der Waals surface area contributed by atoms with E-state index < -0.39 is 0 Å². The number of carbonyl (C=O) groups is 1. The molecule has 0 saturated heterocycles. The van der Waals surface area contributed by atoms with Crippen LogP contribution in [0.1, 0.15) is 21.7 Å². The molecule has 0 aliphatic carbocycles. The maximum atomic E-state index is 13.4. The first-order valence-electron chi connectivity index (χ1n) is 8.30. The Bertz CT molecular complexity index is 1100. The molecule has 6 nitrogen and oxygen atoms in total. The lowest BCUT2D eigenvalue weighted by molar-refractivity contribution is 0.0975. The smallest absolute Gasteiger partial charge is 0.277 e. The van der Waals surface area contributed by atoms with Crippen molar-refractivity contribution in [3.63, 3.8) is 0 Å². The number of anilines is 1. The zero-order valence-corrected chi connectivity index (χ0v) is 16.3. The van der Waals surface area contributed by atoms with Gasteiger partial charge < -0.3 is 0 Å². The van der Waals surface area contributed by atoms with Crippen molar-refractivity contribution >= 4 is 44.2 Å². The highest BCUT2D eigenvalue weighted by atomic mass is 35.5. The third-order valence-electron chi connectivity index (χ3n) is 4.21. The Kier molecular flexibility index (Phi) is 4.63. The molecule has 0 bridgehead atoms. The summed E-state index contributed by atoms with van der Waals surface area (Å²) in [6, 6.07) is 11.2. The van der Waals surface area contributed by atoms with Gasteiger partial charge in [-0.05, 0) is 36.8 Å². The molecule has 0 fully saturated rings. The van der Waals surface area contributed by atoms with Crippen molar-refractivity contribution < 1.29 is 4.79 Å². The van der Waals surface area contributed by atoms with E-state index in [0.717, 1.165) is 16.0 Å². The second kappa shape index (κ2) is 7.09. The Morgan fingerprint density at radius 3 is 2.78 bits per heavy atom. The molecule has 0 N–H and O–H groups in total. The monoisotopic (exact) mass is 397 g/mol. The topological polar surface area (TPSA) is 63.9 Å². The maximum Gasteiger partial charge on any atom is 0.278 e. The van der Waals surface area contributed by atoms with Gasteiger partial charge in [0.1, 0.15) is 11.2 Å². The zero-order valence-electron chi connectivity index (χ0n) is 14.8. The molecule has 0 atom stereocenters. The first-order valence-corrected chi connectivity index (χ1v) is 9.49. The molecule has 27 heavy (non-hydrogen) atoms. The van der Waals surface area contributed by atoms with Gasteiger partial charge in [-0.3, -0.25) is 19.4 Å². The quantitative estimate of drug-likeness (QED) is 0.516. The van der Waals surface area contributed by atoms with E-state index >= 15 is 0 Å². The molecule has 0 aliphatic heterocycles. The van der Waals surface area contributed by atoms with Crippen LogP contribution in [-0.2, 0) is 13.6 Å². The lowest BCUT2D eigenvalue weighted by atomic mass is 10.2. The molecule has 4 aromatic rings. The fourth-order valence-corrected chi connectivity index (χ4v) is 4.14. The standard InChI is InChI=1S/C19H16ClN5OS/c1-12-10-22-24(2)17(12)18(26)25(11-13-6-3-4-9-21-13)19-23-16-14(20)7-5-8-15(16)27-19/h3-10H,11H2,1-2H3. The molecule has 1 amide bonds. The minimum absolute atomic E-state index is 0.173. The Morgan fingerprint density at radius 2 is 2.11 bits per heavy atom. The molecule has 3 aromatic heterocycles. The number of halogens is 1. The largest absolute Gasteiger partial charge is 0.278 e. The summed E-state index contributed by atoms with van der Waals surface area (Å²) in [5.41, 5.74) is 2.81. The highest BCUT2D eigenvalue weighted by Crippen LogP contribution is 2.34. The summed E-state index contributed by atoms with van der Waals surface area (Å²) < 4.78 is 2.52. The summed E-state index contributed by atoms with van der Waals surface area (Å²) >= 11 is 7.71. The van der Waals surface area contributed by atoms with Crippen LogP contribution in [0.2, 0.25) is 5.02 Å². The number of hydrogen-bond acceptors (Lipinski definition) is 5. The molecular formula is C19H16ClN5OS. The number of rotatable bonds is 4. The van der Waals surface area contributed by atoms with Gasteiger partial charge in [0.05, 0.1) is 28.2 Å². The van der Waals surface area contributed by atoms with Crippen LogP contribution in [0, 0.1) is 6.92 Å². The first-order chi connectivity index (χ1) is 13.0. The van der Waals surface area contributed by atoms with Crippen molar-refractivity contribution in [2.75, 3.05) is 4.90 Å². The fourth-order valence-electron chi connectivity index (χ4n) is 2.88. The van der Waals surface area contributed by atoms with Crippen molar-refractivity contribution in [3.8, 4) is 0 Å². The Labute approximate surface area is 165 Å². The number of pyridine rings is 1. The number of fused-ring (bicyclic) bond motifs is 1. The van der Waals surface area contributed by atoms with Crippen LogP contribution >= 0.6 is 22.9 Å². The summed E-state index contributed by atoms with van der Waals surface area (Å²) in [6.07, 6.45) is 3.39. The molecule has 3 heterocycles. The number of aryl methyl sites for hydroxylation is 2. The van der Waals surface area contributed by atoms with Gasteiger partial charge in [0.2, 0.25) is 0 Å². The van der Waals surface area contributed by atoms with Crippen LogP contribution in [0.25, 0.3) is 10.2 Å². The fraction of sp³-hybridized carbons (Fsp3) is 0.158. The van der Waals surface area contributed by atoms with Crippen molar-refractivity contribution in [1.29, 1.82) is 0 Å². The average molecular weight is 398 g/mol. The van der Waals surface area contributed by atoms with Gasteiger partial charge in [0.15, 0.2) is 5.13 Å². The summed E-state index contributed by atoms with van der Waals surface area (Å²) in [7, 11) is 1.76. The average Bonchev–Trinajstić information content (AvgIpc) is 3.24. The highest BCUT2D eigenvalue weighted by molar-refractivity contribution is 7.22. The van der Waals surface area contributed by atoms with Crippen molar-refractivity contribution in [2.45, 2.75) is 13.5 Å². The minimum atomic E-state index is -0.173. The molecule has 136 valence electrons. The molecule has 0 spiro atoms. The number of amides is 1. The van der Waals surface area contributed by atoms with Crippen LogP contribution in [0.15, 0.2) is 48.8 Å². The first kappa shape index (κ1) is 17.6. The van der Waals surface area contributed by atoms with Gasteiger partial charge in [-0.25, -0.2) is 4.98 Å². The molecule has 0 aliphatic rings. The van der Waals surface area contributed by atoms with E-state index in [1.807, 2.05) is 37.3 Å². The summed E-state index contributed by atoms with van der Waals surface area (Å²) in [5, 5.41) is 5.34. The predicted octanol–water partition coefficient (Wildman–Crippen LogP) is 4.23. The Balaban J connectivity index is 1.82. The summed E-state index contributed by atoms with van der Waals surface area (Å²) in [4.78, 5) is 24.0. The Morgan fingerprint density at radius 1 is 1.26 bits per heavy atom. The molecule has 8 heteroatoms. The van der Waals surface area contributed by atoms with Gasteiger partial charge in [-0.2, -0.15) is 5.10 Å². The van der Waals surface area contributed by atoms with Crippen molar-refractivity contribution in [2.24, 2.45) is 7.05 Å². The predicted molar refractivity (Wildman–Crippen MR) is 107 cm³/mol. The van der Waals surface area contributed by atoms with E-state index in [0.29, 0.717) is 27.9 Å². The summed E-state index contributed by atoms with van der Waals surface area (Å²) in [5.74, 6) is -0.173. The van der Waals surface area contributed by atoms with E-state index in [1.165, 1.54) is 11.3 Å². The molecule has 1 aromatic carbocycles. The summed E-state index contributed by atoms with van der Waals surface area (Å²) in [6.45, 7) is 2.18. The third-order valence-corrected chi connectivity index (χ3v) is 5.55. The highest BCUT2D eigenvalue weighted by Gasteiger charge is 2.26. The lowest BCUT2D eigenvalue weighted by Gasteiger charge is -2.20. The van der Waals surface area contributed by atoms with Crippen LogP contribution in [0.3, 0.4) is 0 Å². The maximum absolute atomic E-state index is 13.4. The number of thiazole rings is 1. The van der Waals surface area contributed by atoms with Gasteiger partial charge in [0, 0.05) is 13.2 Å². The van der Waals surface area contributed by atoms with Gasteiger partial charge >= 0.3 is 0 Å². The minimum Gasteiger partial charge on any atom is -0.277 e. The zero-order chi connectivity index (χ0) is 19.0. The SMILES string of the molecule is Cc1cnn(C)c1C(=O)N(Cc1ccccn1)c1nc2c(Cl)cccc2s1. The van der Waals surface area contributed by atoms with Crippen LogP contribution < -0.4 is 4.90 Å². The number of nitrogens with zero attached hydrogens (tertiary/aromatic N) is 5. The Hall–Kier alpha value is -2.77. The van der Waals surface area contributed by atoms with E-state index in [2.05, 4.69) is 15.1 Å². The van der Waals surface area contributed by atoms with Crippen molar-refractivity contribution in [3.05, 3.63) is 70.8 Å². The molecule has 0 radical (unpaired) electrons. The van der Waals surface area contributed by atoms with E-state index in [9.17, 15) is 4.79 Å². The van der Waals surface area contributed by atoms with Gasteiger partial charge in [0.25, 0.3) is 5.91 Å². The normalized spacial score (nSPS) is 11.1. The van der Waals surface area contributed by atoms with Gasteiger partial charge in [-0.1, -0.05) is 35.1 Å². The number of aromatic nitrogens is 4. The van der Waals surface area contributed by atoms with E-state index in [-0.39, 0.29) is 5.91 Å². The number of carbonyl (C=O) groups excluding carboxylic acids is 1. The van der Waals surface area contributed by atoms with Crippen LogP contribution in [-0.4, -0.2) is 25.7 Å². The second-order valence-electron chi connectivity index (χ2n) is 6.10. The molecule has 0 unspecified atom stereocenters. The lowest BCUT2D eigenvalue weighted by Crippen LogP contribution is -2.32. The molecule has 4 rings (SSSR count). The van der Waals surface area contributed by atoms with E-state index in [1.54, 1.807) is 35.1 Å². The molecular weight excluding hydrogens is 382 g/mol. The van der Waals surface area contributed by atoms with Crippen LogP contribution in [0.5, 0.6) is 0 Å². The second-order valence-corrected chi connectivity index (χ2v) is 7.51.